The fourth-order valence-corrected chi connectivity index (χ4v) is 2.09. The van der Waals surface area contributed by atoms with Crippen molar-refractivity contribution in [3.8, 4) is 5.82 Å². The van der Waals surface area contributed by atoms with Crippen LogP contribution in [0.2, 0.25) is 5.02 Å². The number of aromatic nitrogens is 3. The molecule has 78 valence electrons. The van der Waals surface area contributed by atoms with Crippen LogP contribution in [0, 0.1) is 0 Å². The van der Waals surface area contributed by atoms with Crippen molar-refractivity contribution in [1.82, 2.24) is 14.5 Å². The highest BCUT2D eigenvalue weighted by Crippen LogP contribution is 2.22. The van der Waals surface area contributed by atoms with Crippen molar-refractivity contribution in [2.75, 3.05) is 0 Å². The van der Waals surface area contributed by atoms with Gasteiger partial charge in [-0.25, -0.2) is 9.97 Å². The number of nitrogens with zero attached hydrogens (tertiary/aromatic N) is 3. The molecule has 0 aromatic carbocycles. The minimum absolute atomic E-state index is 0.365. The molecule has 2 rings (SSSR count). The molecule has 0 saturated carbocycles. The minimum atomic E-state index is 0.365. The molecule has 2 heterocycles. The van der Waals surface area contributed by atoms with E-state index in [1.54, 1.807) is 18.5 Å². The number of nitrogens with two attached hydrogens (primary N) is 1. The zero-order valence-electron chi connectivity index (χ0n) is 7.69. The molecule has 0 radical (unpaired) electrons. The molecule has 2 N–H and O–H groups in total. The molecule has 0 spiro atoms. The molecule has 2 aromatic rings. The Morgan fingerprint density at radius 1 is 1.47 bits per heavy atom. The molecule has 0 amide bonds. The molecule has 0 bridgehead atoms. The standard InChI is InChI=1S/C9H8BrClN4/c10-7-3-6(11)5-14-9(7)15-2-1-13-8(15)4-12/h1-3,5H,4,12H2. The monoisotopic (exact) mass is 286 g/mol. The van der Waals surface area contributed by atoms with E-state index in [0.717, 1.165) is 16.1 Å². The van der Waals surface area contributed by atoms with Crippen molar-refractivity contribution < 1.29 is 0 Å². The number of hydrogen-bond donors (Lipinski definition) is 1. The molecule has 0 atom stereocenters. The maximum atomic E-state index is 5.81. The second-order valence-electron chi connectivity index (χ2n) is 2.88. The van der Waals surface area contributed by atoms with Crippen molar-refractivity contribution in [2.24, 2.45) is 5.73 Å². The van der Waals surface area contributed by atoms with Gasteiger partial charge in [0, 0.05) is 18.6 Å². The lowest BCUT2D eigenvalue weighted by molar-refractivity contribution is 0.845. The Hall–Kier alpha value is -0.910. The summed E-state index contributed by atoms with van der Waals surface area (Å²) in [6.45, 7) is 0.365. The van der Waals surface area contributed by atoms with Gasteiger partial charge in [0.15, 0.2) is 5.82 Å². The average Bonchev–Trinajstić information content (AvgIpc) is 2.65. The highest BCUT2D eigenvalue weighted by Gasteiger charge is 2.08. The normalized spacial score (nSPS) is 10.6. The van der Waals surface area contributed by atoms with Gasteiger partial charge in [-0.1, -0.05) is 11.6 Å². The van der Waals surface area contributed by atoms with Gasteiger partial charge in [0.05, 0.1) is 16.0 Å². The molecule has 0 unspecified atom stereocenters. The van der Waals surface area contributed by atoms with Crippen LogP contribution in [0.4, 0.5) is 0 Å². The van der Waals surface area contributed by atoms with E-state index in [1.165, 1.54) is 0 Å². The SMILES string of the molecule is NCc1nccn1-c1ncc(Cl)cc1Br. The lowest BCUT2D eigenvalue weighted by Crippen LogP contribution is -2.07. The van der Waals surface area contributed by atoms with Gasteiger partial charge < -0.3 is 5.73 Å². The second-order valence-corrected chi connectivity index (χ2v) is 4.17. The van der Waals surface area contributed by atoms with Crippen molar-refractivity contribution in [3.05, 3.63) is 40.0 Å². The summed E-state index contributed by atoms with van der Waals surface area (Å²) in [5, 5.41) is 0.583. The largest absolute Gasteiger partial charge is 0.324 e. The van der Waals surface area contributed by atoms with Crippen molar-refractivity contribution in [2.45, 2.75) is 6.54 Å². The lowest BCUT2D eigenvalue weighted by Gasteiger charge is -2.07. The van der Waals surface area contributed by atoms with E-state index >= 15 is 0 Å². The summed E-state index contributed by atoms with van der Waals surface area (Å²) in [7, 11) is 0. The van der Waals surface area contributed by atoms with E-state index in [4.69, 9.17) is 17.3 Å². The Balaban J connectivity index is 2.54. The van der Waals surface area contributed by atoms with Gasteiger partial charge in [0.2, 0.25) is 0 Å². The quantitative estimate of drug-likeness (QED) is 0.920. The molecule has 0 aliphatic heterocycles. The number of halogens is 2. The third-order valence-electron chi connectivity index (χ3n) is 1.92. The maximum Gasteiger partial charge on any atom is 0.152 e. The zero-order valence-corrected chi connectivity index (χ0v) is 10.0. The summed E-state index contributed by atoms with van der Waals surface area (Å²) in [6.07, 6.45) is 5.08. The average molecular weight is 288 g/mol. The van der Waals surface area contributed by atoms with E-state index in [-0.39, 0.29) is 0 Å². The first kappa shape index (κ1) is 10.6. The Labute approximate surface area is 100 Å². The number of imidazole rings is 1. The fourth-order valence-electron chi connectivity index (χ4n) is 1.26. The molecule has 0 saturated heterocycles. The third kappa shape index (κ3) is 2.04. The van der Waals surface area contributed by atoms with E-state index in [2.05, 4.69) is 25.9 Å². The number of rotatable bonds is 2. The first-order chi connectivity index (χ1) is 7.22. The van der Waals surface area contributed by atoms with Gasteiger partial charge in [-0.05, 0) is 22.0 Å². The molecule has 6 heteroatoms. The first-order valence-electron chi connectivity index (χ1n) is 4.26. The zero-order chi connectivity index (χ0) is 10.8. The summed E-state index contributed by atoms with van der Waals surface area (Å²) >= 11 is 9.21. The van der Waals surface area contributed by atoms with Crippen LogP contribution in [-0.4, -0.2) is 14.5 Å². The predicted molar refractivity (Wildman–Crippen MR) is 62.0 cm³/mol. The van der Waals surface area contributed by atoms with E-state index in [0.29, 0.717) is 11.6 Å². The van der Waals surface area contributed by atoms with Gasteiger partial charge in [0.25, 0.3) is 0 Å². The summed E-state index contributed by atoms with van der Waals surface area (Å²) < 4.78 is 2.63. The highest BCUT2D eigenvalue weighted by atomic mass is 79.9. The van der Waals surface area contributed by atoms with Gasteiger partial charge in [0.1, 0.15) is 5.82 Å². The second kappa shape index (κ2) is 4.30. The predicted octanol–water partition coefficient (Wildman–Crippen LogP) is 2.14. The molecule has 0 aliphatic carbocycles. The molecule has 2 aromatic heterocycles. The Morgan fingerprint density at radius 2 is 2.27 bits per heavy atom. The fraction of sp³-hybridized carbons (Fsp3) is 0.111. The first-order valence-corrected chi connectivity index (χ1v) is 5.43. The third-order valence-corrected chi connectivity index (χ3v) is 2.71. The van der Waals surface area contributed by atoms with E-state index in [1.807, 2.05) is 10.8 Å². The minimum Gasteiger partial charge on any atom is -0.324 e. The Morgan fingerprint density at radius 3 is 2.93 bits per heavy atom. The molecule has 4 nitrogen and oxygen atoms in total. The number of hydrogen-bond acceptors (Lipinski definition) is 3. The van der Waals surface area contributed by atoms with Crippen molar-refractivity contribution in [1.29, 1.82) is 0 Å². The summed E-state index contributed by atoms with van der Waals surface area (Å²) in [4.78, 5) is 8.34. The van der Waals surface area contributed by atoms with Gasteiger partial charge >= 0.3 is 0 Å². The van der Waals surface area contributed by atoms with Gasteiger partial charge in [-0.15, -0.1) is 0 Å². The maximum absolute atomic E-state index is 5.81. The Kier molecular flexibility index (Phi) is 3.04. The highest BCUT2D eigenvalue weighted by molar-refractivity contribution is 9.10. The van der Waals surface area contributed by atoms with E-state index in [9.17, 15) is 0 Å². The van der Waals surface area contributed by atoms with Crippen molar-refractivity contribution >= 4 is 27.5 Å². The molecule has 0 fully saturated rings. The number of pyridine rings is 1. The molecule has 15 heavy (non-hydrogen) atoms. The van der Waals surface area contributed by atoms with Crippen LogP contribution in [0.5, 0.6) is 0 Å². The lowest BCUT2D eigenvalue weighted by atomic mass is 10.4. The summed E-state index contributed by atoms with van der Waals surface area (Å²) in [5.41, 5.74) is 5.56. The van der Waals surface area contributed by atoms with Crippen LogP contribution < -0.4 is 5.73 Å². The topological polar surface area (TPSA) is 56.7 Å². The van der Waals surface area contributed by atoms with Crippen LogP contribution >= 0.6 is 27.5 Å². The van der Waals surface area contributed by atoms with Crippen LogP contribution in [0.25, 0.3) is 5.82 Å². The van der Waals surface area contributed by atoms with Crippen molar-refractivity contribution in [3.63, 3.8) is 0 Å². The Bertz CT molecular complexity index is 483. The van der Waals surface area contributed by atoms with Crippen LogP contribution in [-0.2, 0) is 6.54 Å². The van der Waals surface area contributed by atoms with Crippen LogP contribution in [0.3, 0.4) is 0 Å². The smallest absolute Gasteiger partial charge is 0.152 e. The molecular weight excluding hydrogens is 279 g/mol. The van der Waals surface area contributed by atoms with Crippen LogP contribution in [0.15, 0.2) is 29.1 Å². The molecular formula is C9H8BrClN4. The summed E-state index contributed by atoms with van der Waals surface area (Å²) in [5.74, 6) is 1.49. The molecule has 0 aliphatic rings. The van der Waals surface area contributed by atoms with E-state index < -0.39 is 0 Å². The van der Waals surface area contributed by atoms with Gasteiger partial charge in [-0.3, -0.25) is 4.57 Å². The van der Waals surface area contributed by atoms with Crippen LogP contribution in [0.1, 0.15) is 5.82 Å². The van der Waals surface area contributed by atoms with Gasteiger partial charge in [-0.2, -0.15) is 0 Å². The summed E-state index contributed by atoms with van der Waals surface area (Å²) in [6, 6.07) is 1.78.